The molecule has 2 aromatic carbocycles. The summed E-state index contributed by atoms with van der Waals surface area (Å²) in [6, 6.07) is 17.4. The lowest BCUT2D eigenvalue weighted by Crippen LogP contribution is -2.06. The van der Waals surface area contributed by atoms with Crippen LogP contribution in [0.3, 0.4) is 0 Å². The third kappa shape index (κ3) is 5.44. The molecule has 3 aromatic rings. The third-order valence-electron chi connectivity index (χ3n) is 4.22. The summed E-state index contributed by atoms with van der Waals surface area (Å²) < 4.78 is 5.29. The minimum absolute atomic E-state index is 0. The lowest BCUT2D eigenvalue weighted by atomic mass is 10.1. The normalized spacial score (nSPS) is 10.3. The van der Waals surface area contributed by atoms with Crippen LogP contribution in [0.1, 0.15) is 42.2 Å². The van der Waals surface area contributed by atoms with Crippen LogP contribution in [0.15, 0.2) is 54.6 Å². The van der Waals surface area contributed by atoms with E-state index in [4.69, 9.17) is 4.74 Å². The second-order valence-electron chi connectivity index (χ2n) is 6.37. The van der Waals surface area contributed by atoms with Crippen molar-refractivity contribution >= 4 is 40.7 Å². The molecule has 0 radical (unpaired) electrons. The number of ether oxygens (including phenoxy) is 1. The van der Waals surface area contributed by atoms with Gasteiger partial charge in [-0.25, -0.2) is 4.79 Å². The van der Waals surface area contributed by atoms with E-state index in [0.717, 1.165) is 47.2 Å². The Morgan fingerprint density at radius 2 is 1.81 bits per heavy atom. The highest BCUT2D eigenvalue weighted by Crippen LogP contribution is 2.26. The molecule has 27 heavy (non-hydrogen) atoms. The molecule has 1 aromatic heterocycles. The molecule has 0 saturated carbocycles. The number of hydrogen-bond donors (Lipinski definition) is 1. The van der Waals surface area contributed by atoms with Crippen LogP contribution in [0, 0.1) is 6.92 Å². The molecule has 3 rings (SSSR count). The van der Waals surface area contributed by atoms with Crippen LogP contribution in [0.2, 0.25) is 0 Å². The fraction of sp³-hybridized carbons (Fsp3) is 0.273. The number of para-hydroxylation sites is 1. The lowest BCUT2D eigenvalue weighted by Gasteiger charge is -2.11. The van der Waals surface area contributed by atoms with E-state index in [2.05, 4.69) is 17.2 Å². The molecular weight excluding hydrogens is 360 g/mol. The number of carbonyl (C=O) groups is 1. The van der Waals surface area contributed by atoms with E-state index in [-0.39, 0.29) is 18.4 Å². The summed E-state index contributed by atoms with van der Waals surface area (Å²) in [4.78, 5) is 16.6. The highest BCUT2D eigenvalue weighted by atomic mass is 35.5. The van der Waals surface area contributed by atoms with Crippen molar-refractivity contribution in [2.24, 2.45) is 0 Å². The second kappa shape index (κ2) is 9.93. The first-order valence-corrected chi connectivity index (χ1v) is 9.08. The largest absolute Gasteiger partial charge is 0.462 e. The third-order valence-corrected chi connectivity index (χ3v) is 4.22. The molecular formula is C22H25ClN2O2. The summed E-state index contributed by atoms with van der Waals surface area (Å²) in [5.74, 6) is -0.266. The highest BCUT2D eigenvalue weighted by molar-refractivity contribution is 5.94. The maximum atomic E-state index is 12.0. The van der Waals surface area contributed by atoms with Crippen LogP contribution < -0.4 is 5.32 Å². The van der Waals surface area contributed by atoms with Crippen LogP contribution in [0.25, 0.3) is 10.9 Å². The topological polar surface area (TPSA) is 51.2 Å². The van der Waals surface area contributed by atoms with Gasteiger partial charge in [0.25, 0.3) is 0 Å². The van der Waals surface area contributed by atoms with Gasteiger partial charge < -0.3 is 10.1 Å². The Morgan fingerprint density at radius 3 is 2.56 bits per heavy atom. The molecule has 1 N–H and O–H groups in total. The number of pyridine rings is 1. The Bertz CT molecular complexity index is 894. The van der Waals surface area contributed by atoms with Crippen molar-refractivity contribution in [1.29, 1.82) is 0 Å². The first kappa shape index (κ1) is 20.7. The first-order valence-electron chi connectivity index (χ1n) is 9.08. The quantitative estimate of drug-likeness (QED) is 0.397. The molecule has 0 fully saturated rings. The number of esters is 1. The van der Waals surface area contributed by atoms with Crippen molar-refractivity contribution in [3.63, 3.8) is 0 Å². The smallest absolute Gasteiger partial charge is 0.338 e. The molecule has 0 aliphatic heterocycles. The van der Waals surface area contributed by atoms with E-state index in [1.54, 1.807) is 12.1 Å². The lowest BCUT2D eigenvalue weighted by molar-refractivity contribution is 0.0498. The summed E-state index contributed by atoms with van der Waals surface area (Å²) in [7, 11) is 0. The molecule has 0 atom stereocenters. The monoisotopic (exact) mass is 384 g/mol. The number of aromatic nitrogens is 1. The Labute approximate surface area is 166 Å². The molecule has 0 saturated heterocycles. The average Bonchev–Trinajstić information content (AvgIpc) is 2.65. The van der Waals surface area contributed by atoms with E-state index in [1.807, 2.05) is 49.4 Å². The number of nitrogens with zero attached hydrogens (tertiary/aromatic N) is 1. The van der Waals surface area contributed by atoms with Gasteiger partial charge in [0.05, 0.1) is 17.7 Å². The van der Waals surface area contributed by atoms with E-state index in [0.29, 0.717) is 12.2 Å². The highest BCUT2D eigenvalue weighted by Gasteiger charge is 2.08. The van der Waals surface area contributed by atoms with E-state index in [1.165, 1.54) is 0 Å². The number of aryl methyl sites for hydroxylation is 1. The number of rotatable bonds is 7. The number of nitrogens with one attached hydrogen (secondary N) is 1. The number of unbranched alkanes of at least 4 members (excludes halogenated alkanes) is 2. The number of fused-ring (bicyclic) bond motifs is 1. The van der Waals surface area contributed by atoms with Gasteiger partial charge in [-0.1, -0.05) is 38.0 Å². The Hall–Kier alpha value is -2.59. The van der Waals surface area contributed by atoms with Gasteiger partial charge >= 0.3 is 5.97 Å². The zero-order valence-electron chi connectivity index (χ0n) is 15.7. The number of halogens is 1. The minimum Gasteiger partial charge on any atom is -0.462 e. The van der Waals surface area contributed by atoms with Crippen molar-refractivity contribution < 1.29 is 9.53 Å². The Morgan fingerprint density at radius 1 is 1.07 bits per heavy atom. The van der Waals surface area contributed by atoms with Gasteiger partial charge in [-0.05, 0) is 49.7 Å². The van der Waals surface area contributed by atoms with E-state index in [9.17, 15) is 4.79 Å². The van der Waals surface area contributed by atoms with Crippen molar-refractivity contribution in [1.82, 2.24) is 4.98 Å². The van der Waals surface area contributed by atoms with Gasteiger partial charge in [-0.15, -0.1) is 12.4 Å². The molecule has 142 valence electrons. The van der Waals surface area contributed by atoms with Crippen LogP contribution in [-0.2, 0) is 4.74 Å². The fourth-order valence-corrected chi connectivity index (χ4v) is 2.86. The molecule has 0 aliphatic carbocycles. The van der Waals surface area contributed by atoms with Crippen LogP contribution in [-0.4, -0.2) is 17.6 Å². The van der Waals surface area contributed by atoms with Crippen molar-refractivity contribution in [2.75, 3.05) is 11.9 Å². The Balaban J connectivity index is 0.00000261. The number of hydrogen-bond acceptors (Lipinski definition) is 4. The molecule has 0 bridgehead atoms. The van der Waals surface area contributed by atoms with E-state index >= 15 is 0 Å². The summed E-state index contributed by atoms with van der Waals surface area (Å²) >= 11 is 0. The zero-order valence-corrected chi connectivity index (χ0v) is 16.5. The molecule has 4 nitrogen and oxygen atoms in total. The summed E-state index contributed by atoms with van der Waals surface area (Å²) in [6.07, 6.45) is 3.10. The second-order valence-corrected chi connectivity index (χ2v) is 6.37. The van der Waals surface area contributed by atoms with Crippen molar-refractivity contribution in [2.45, 2.75) is 33.1 Å². The Kier molecular flexibility index (Phi) is 7.62. The maximum Gasteiger partial charge on any atom is 0.338 e. The minimum atomic E-state index is -0.266. The van der Waals surface area contributed by atoms with Gasteiger partial charge in [0.2, 0.25) is 0 Å². The molecule has 5 heteroatoms. The van der Waals surface area contributed by atoms with Gasteiger partial charge in [-0.3, -0.25) is 4.98 Å². The average molecular weight is 385 g/mol. The van der Waals surface area contributed by atoms with Crippen LogP contribution in [0.4, 0.5) is 11.4 Å². The van der Waals surface area contributed by atoms with Crippen LogP contribution in [0.5, 0.6) is 0 Å². The van der Waals surface area contributed by atoms with Gasteiger partial charge in [0.1, 0.15) is 0 Å². The summed E-state index contributed by atoms with van der Waals surface area (Å²) in [5, 5.41) is 4.49. The maximum absolute atomic E-state index is 12.0. The van der Waals surface area contributed by atoms with Crippen molar-refractivity contribution in [3.05, 3.63) is 65.9 Å². The SMILES string of the molecule is CCCCCOC(=O)c1ccc(Nc2cc(C)nc3ccccc23)cc1.Cl. The van der Waals surface area contributed by atoms with E-state index < -0.39 is 0 Å². The molecule has 0 amide bonds. The molecule has 0 spiro atoms. The predicted octanol–water partition coefficient (Wildman–Crippen LogP) is 6.06. The van der Waals surface area contributed by atoms with Gasteiger partial charge in [0.15, 0.2) is 0 Å². The van der Waals surface area contributed by atoms with Gasteiger partial charge in [-0.2, -0.15) is 0 Å². The summed E-state index contributed by atoms with van der Waals surface area (Å²) in [5.41, 5.74) is 4.41. The molecule has 1 heterocycles. The van der Waals surface area contributed by atoms with Gasteiger partial charge in [0, 0.05) is 22.5 Å². The fourth-order valence-electron chi connectivity index (χ4n) is 2.86. The number of anilines is 2. The number of carbonyl (C=O) groups excluding carboxylic acids is 1. The van der Waals surface area contributed by atoms with Crippen molar-refractivity contribution in [3.8, 4) is 0 Å². The number of benzene rings is 2. The predicted molar refractivity (Wildman–Crippen MR) is 113 cm³/mol. The molecule has 0 unspecified atom stereocenters. The first-order chi connectivity index (χ1) is 12.7. The zero-order chi connectivity index (χ0) is 18.4. The standard InChI is InChI=1S/C22H24N2O2.ClH/c1-3-4-7-14-26-22(25)17-10-12-18(13-11-17)24-21-15-16(2)23-20-9-6-5-8-19(20)21;/h5-6,8-13,15H,3-4,7,14H2,1-2H3,(H,23,24);1H. The molecule has 0 aliphatic rings. The van der Waals surface area contributed by atoms with Crippen LogP contribution >= 0.6 is 12.4 Å². The summed E-state index contributed by atoms with van der Waals surface area (Å²) in [6.45, 7) is 4.59.